The van der Waals surface area contributed by atoms with Crippen molar-refractivity contribution in [3.8, 4) is 0 Å². The summed E-state index contributed by atoms with van der Waals surface area (Å²) in [5.74, 6) is -0.195. The van der Waals surface area contributed by atoms with Crippen LogP contribution in [0.3, 0.4) is 0 Å². The van der Waals surface area contributed by atoms with Crippen LogP contribution < -0.4 is 0 Å². The maximum absolute atomic E-state index is 12.0. The van der Waals surface area contributed by atoms with E-state index in [-0.39, 0.29) is 11.4 Å². The fourth-order valence-electron chi connectivity index (χ4n) is 1.51. The largest absolute Gasteiger partial charge is 0.288 e. The van der Waals surface area contributed by atoms with Crippen LogP contribution in [-0.4, -0.2) is 17.3 Å². The monoisotopic (exact) mass is 266 g/mol. The summed E-state index contributed by atoms with van der Waals surface area (Å²) in [5.41, 5.74) is 0.389. The van der Waals surface area contributed by atoms with E-state index >= 15 is 0 Å². The van der Waals surface area contributed by atoms with Crippen LogP contribution in [-0.2, 0) is 15.8 Å². The first-order valence-corrected chi connectivity index (χ1v) is 6.69. The molecule has 0 fully saturated rings. The third kappa shape index (κ3) is 2.57. The van der Waals surface area contributed by atoms with Gasteiger partial charge < -0.3 is 0 Å². The molecule has 0 aliphatic rings. The molecule has 6 nitrogen and oxygen atoms in total. The van der Waals surface area contributed by atoms with Crippen molar-refractivity contribution in [1.82, 2.24) is 3.97 Å². The van der Waals surface area contributed by atoms with Crippen molar-refractivity contribution in [3.05, 3.63) is 64.5 Å². The molecular weight excluding hydrogens is 256 g/mol. The van der Waals surface area contributed by atoms with Gasteiger partial charge in [-0.05, 0) is 5.56 Å². The summed E-state index contributed by atoms with van der Waals surface area (Å²) in [6.07, 6.45) is 2.18. The fourth-order valence-corrected chi connectivity index (χ4v) is 2.78. The zero-order valence-electron chi connectivity index (χ0n) is 9.26. The number of hydrogen-bond acceptors (Lipinski definition) is 4. The van der Waals surface area contributed by atoms with Crippen molar-refractivity contribution in [2.75, 3.05) is 0 Å². The molecule has 0 amide bonds. The Balaban J connectivity index is 2.28. The summed E-state index contributed by atoms with van der Waals surface area (Å²) in [6.45, 7) is 0. The van der Waals surface area contributed by atoms with E-state index < -0.39 is 14.9 Å². The molecule has 18 heavy (non-hydrogen) atoms. The molecule has 0 aliphatic heterocycles. The summed E-state index contributed by atoms with van der Waals surface area (Å²) in [7, 11) is -3.61. The van der Waals surface area contributed by atoms with E-state index in [0.29, 0.717) is 5.56 Å². The van der Waals surface area contributed by atoms with Gasteiger partial charge in [0, 0.05) is 12.3 Å². The van der Waals surface area contributed by atoms with Gasteiger partial charge in [-0.2, -0.15) is 0 Å². The number of aromatic nitrogens is 1. The summed E-state index contributed by atoms with van der Waals surface area (Å²) in [5, 5.41) is 10.5. The Morgan fingerprint density at radius 2 is 1.83 bits per heavy atom. The smallest absolute Gasteiger partial charge is 0.258 e. The first-order chi connectivity index (χ1) is 8.49. The number of hydrogen-bond donors (Lipinski definition) is 0. The van der Waals surface area contributed by atoms with Crippen LogP contribution in [0.15, 0.2) is 48.8 Å². The lowest BCUT2D eigenvalue weighted by molar-refractivity contribution is -0.384. The van der Waals surface area contributed by atoms with Gasteiger partial charge in [0.1, 0.15) is 0 Å². The highest BCUT2D eigenvalue weighted by Crippen LogP contribution is 2.15. The molecule has 1 aromatic heterocycles. The standard InChI is InChI=1S/C11H10N2O4S/c14-13(15)11-6-7-12(8-11)18(16,17)9-10-4-2-1-3-5-10/h1-8H,9H2. The molecule has 7 heteroatoms. The minimum absolute atomic E-state index is 0.195. The molecular formula is C11H10N2O4S. The Morgan fingerprint density at radius 1 is 1.17 bits per heavy atom. The van der Waals surface area contributed by atoms with Crippen molar-refractivity contribution in [2.24, 2.45) is 0 Å². The molecule has 0 atom stereocenters. The molecule has 0 N–H and O–H groups in total. The fraction of sp³-hybridized carbons (Fsp3) is 0.0909. The van der Waals surface area contributed by atoms with Gasteiger partial charge in [-0.25, -0.2) is 12.4 Å². The van der Waals surface area contributed by atoms with E-state index in [4.69, 9.17) is 0 Å². The Labute approximate surface area is 104 Å². The third-order valence-corrected chi connectivity index (χ3v) is 3.94. The molecule has 94 valence electrons. The van der Waals surface area contributed by atoms with Crippen LogP contribution in [0.2, 0.25) is 0 Å². The number of nitrogens with zero attached hydrogens (tertiary/aromatic N) is 2. The van der Waals surface area contributed by atoms with Crippen molar-refractivity contribution in [1.29, 1.82) is 0 Å². The minimum Gasteiger partial charge on any atom is -0.258 e. The van der Waals surface area contributed by atoms with Crippen LogP contribution in [0.25, 0.3) is 0 Å². The lowest BCUT2D eigenvalue weighted by atomic mass is 10.2. The van der Waals surface area contributed by atoms with Crippen LogP contribution in [0.1, 0.15) is 5.56 Å². The van der Waals surface area contributed by atoms with Crippen molar-refractivity contribution in [2.45, 2.75) is 5.75 Å². The van der Waals surface area contributed by atoms with Gasteiger partial charge in [-0.15, -0.1) is 0 Å². The number of benzene rings is 1. The lowest BCUT2D eigenvalue weighted by Crippen LogP contribution is -2.13. The van der Waals surface area contributed by atoms with Crippen LogP contribution in [0.4, 0.5) is 5.69 Å². The molecule has 0 saturated heterocycles. The molecule has 2 rings (SSSR count). The maximum atomic E-state index is 12.0. The summed E-state index contributed by atoms with van der Waals surface area (Å²) >= 11 is 0. The second-order valence-corrected chi connectivity index (χ2v) is 5.57. The third-order valence-electron chi connectivity index (χ3n) is 2.38. The zero-order valence-corrected chi connectivity index (χ0v) is 10.1. The van der Waals surface area contributed by atoms with Crippen LogP contribution >= 0.6 is 0 Å². The Morgan fingerprint density at radius 3 is 2.39 bits per heavy atom. The van der Waals surface area contributed by atoms with E-state index in [1.54, 1.807) is 30.3 Å². The first-order valence-electron chi connectivity index (χ1n) is 5.08. The van der Waals surface area contributed by atoms with Gasteiger partial charge in [-0.1, -0.05) is 30.3 Å². The van der Waals surface area contributed by atoms with E-state index in [0.717, 1.165) is 16.2 Å². The van der Waals surface area contributed by atoms with Gasteiger partial charge >= 0.3 is 0 Å². The molecule has 0 saturated carbocycles. The highest BCUT2D eigenvalue weighted by atomic mass is 32.2. The highest BCUT2D eigenvalue weighted by molar-refractivity contribution is 7.89. The Kier molecular flexibility index (Phi) is 3.15. The summed E-state index contributed by atoms with van der Waals surface area (Å²) < 4.78 is 24.8. The predicted octanol–water partition coefficient (Wildman–Crippen LogP) is 1.77. The number of rotatable bonds is 4. The summed E-state index contributed by atoms with van der Waals surface area (Å²) in [6, 6.07) is 9.80. The van der Waals surface area contributed by atoms with Gasteiger partial charge in [0.15, 0.2) is 0 Å². The topological polar surface area (TPSA) is 82.2 Å². The Bertz CT molecular complexity index is 661. The maximum Gasteiger partial charge on any atom is 0.288 e. The second-order valence-electron chi connectivity index (χ2n) is 3.70. The summed E-state index contributed by atoms with van der Waals surface area (Å²) in [4.78, 5) is 9.87. The molecule has 2 aromatic rings. The lowest BCUT2D eigenvalue weighted by Gasteiger charge is -2.04. The van der Waals surface area contributed by atoms with Gasteiger partial charge in [0.2, 0.25) is 10.0 Å². The van der Waals surface area contributed by atoms with Crippen LogP contribution in [0, 0.1) is 10.1 Å². The average Bonchev–Trinajstić information content (AvgIpc) is 2.79. The van der Waals surface area contributed by atoms with Crippen molar-refractivity contribution >= 4 is 15.7 Å². The molecule has 1 aromatic carbocycles. The van der Waals surface area contributed by atoms with E-state index in [1.165, 1.54) is 6.20 Å². The van der Waals surface area contributed by atoms with Gasteiger partial charge in [0.05, 0.1) is 16.9 Å². The van der Waals surface area contributed by atoms with Gasteiger partial charge in [0.25, 0.3) is 5.69 Å². The zero-order chi connectivity index (χ0) is 13.2. The quantitative estimate of drug-likeness (QED) is 0.623. The molecule has 0 spiro atoms. The molecule has 1 heterocycles. The normalized spacial score (nSPS) is 11.3. The van der Waals surface area contributed by atoms with Crippen molar-refractivity contribution in [3.63, 3.8) is 0 Å². The highest BCUT2D eigenvalue weighted by Gasteiger charge is 2.17. The first kappa shape index (κ1) is 12.3. The predicted molar refractivity (Wildman–Crippen MR) is 65.6 cm³/mol. The van der Waals surface area contributed by atoms with Crippen molar-refractivity contribution < 1.29 is 13.3 Å². The van der Waals surface area contributed by atoms with E-state index in [1.807, 2.05) is 0 Å². The second kappa shape index (κ2) is 4.61. The Hall–Kier alpha value is -2.15. The average molecular weight is 266 g/mol. The molecule has 0 aliphatic carbocycles. The van der Waals surface area contributed by atoms with E-state index in [2.05, 4.69) is 0 Å². The molecule has 0 bridgehead atoms. The van der Waals surface area contributed by atoms with E-state index in [9.17, 15) is 18.5 Å². The SMILES string of the molecule is O=[N+]([O-])c1ccn(S(=O)(=O)Cc2ccccc2)c1. The van der Waals surface area contributed by atoms with Crippen LogP contribution in [0.5, 0.6) is 0 Å². The minimum atomic E-state index is -3.61. The molecule has 0 radical (unpaired) electrons. The molecule has 0 unspecified atom stereocenters. The number of nitro groups is 1. The van der Waals surface area contributed by atoms with Gasteiger partial charge in [-0.3, -0.25) is 10.1 Å².